The lowest BCUT2D eigenvalue weighted by Gasteiger charge is -2.05. The lowest BCUT2D eigenvalue weighted by molar-refractivity contribution is 0.718. The Morgan fingerprint density at radius 3 is 2.61 bits per heavy atom. The van der Waals surface area contributed by atoms with Gasteiger partial charge in [-0.05, 0) is 12.5 Å². The smallest absolute Gasteiger partial charge is 0.296 e. The van der Waals surface area contributed by atoms with Gasteiger partial charge in [0.2, 0.25) is 0 Å². The number of H-pyrrole nitrogens is 1. The molecule has 2 aromatic rings. The van der Waals surface area contributed by atoms with Crippen LogP contribution in [-0.4, -0.2) is 9.55 Å². The first-order valence-corrected chi connectivity index (χ1v) is 5.71. The molecule has 2 rings (SSSR count). The number of aromatic nitrogens is 2. The van der Waals surface area contributed by atoms with Crippen LogP contribution in [0.15, 0.2) is 52.2 Å². The Bertz CT molecular complexity index is 666. The monoisotopic (exact) mass is 242 g/mol. The van der Waals surface area contributed by atoms with Gasteiger partial charge in [-0.1, -0.05) is 42.5 Å². The van der Waals surface area contributed by atoms with Crippen molar-refractivity contribution < 1.29 is 0 Å². The lowest BCUT2D eigenvalue weighted by Crippen LogP contribution is -2.31. The summed E-state index contributed by atoms with van der Waals surface area (Å²) in [4.78, 5) is 25.5. The molecular formula is C14H14N2O2. The van der Waals surface area contributed by atoms with Crippen LogP contribution in [-0.2, 0) is 6.54 Å². The summed E-state index contributed by atoms with van der Waals surface area (Å²) in [5, 5.41) is 0. The van der Waals surface area contributed by atoms with Gasteiger partial charge in [-0.15, -0.1) is 0 Å². The van der Waals surface area contributed by atoms with E-state index >= 15 is 0 Å². The van der Waals surface area contributed by atoms with Crippen LogP contribution in [0.2, 0.25) is 0 Å². The predicted molar refractivity (Wildman–Crippen MR) is 71.6 cm³/mol. The van der Waals surface area contributed by atoms with Gasteiger partial charge < -0.3 is 0 Å². The molecule has 1 N–H and O–H groups in total. The van der Waals surface area contributed by atoms with Gasteiger partial charge in [0.15, 0.2) is 0 Å². The summed E-state index contributed by atoms with van der Waals surface area (Å²) in [5.41, 5.74) is 0.741. The molecule has 0 amide bonds. The molecule has 0 aliphatic heterocycles. The Labute approximate surface area is 104 Å². The fraction of sp³-hybridized carbons (Fsp3) is 0.143. The van der Waals surface area contributed by atoms with E-state index in [4.69, 9.17) is 0 Å². The molecule has 18 heavy (non-hydrogen) atoms. The van der Waals surface area contributed by atoms with Crippen molar-refractivity contribution in [1.82, 2.24) is 9.55 Å². The molecule has 0 unspecified atom stereocenters. The number of aromatic amines is 1. The molecular weight excluding hydrogens is 228 g/mol. The molecule has 4 heteroatoms. The second-order valence-electron chi connectivity index (χ2n) is 3.96. The zero-order valence-electron chi connectivity index (χ0n) is 10.1. The highest BCUT2D eigenvalue weighted by atomic mass is 16.2. The molecule has 0 saturated heterocycles. The van der Waals surface area contributed by atoms with Crippen LogP contribution >= 0.6 is 0 Å². The molecule has 0 fully saturated rings. The summed E-state index contributed by atoms with van der Waals surface area (Å²) < 4.78 is 1.49. The maximum atomic E-state index is 11.7. The predicted octanol–water partition coefficient (Wildman–Crippen LogP) is 1.62. The lowest BCUT2D eigenvalue weighted by atomic mass is 10.2. The Morgan fingerprint density at radius 1 is 1.22 bits per heavy atom. The largest absolute Gasteiger partial charge is 0.328 e. The quantitative estimate of drug-likeness (QED) is 0.889. The van der Waals surface area contributed by atoms with Crippen molar-refractivity contribution in [3.8, 4) is 0 Å². The summed E-state index contributed by atoms with van der Waals surface area (Å²) in [7, 11) is 0. The number of rotatable bonds is 3. The molecule has 1 heterocycles. The van der Waals surface area contributed by atoms with E-state index < -0.39 is 5.69 Å². The number of nitrogens with zero attached hydrogens (tertiary/aromatic N) is 1. The van der Waals surface area contributed by atoms with Crippen LogP contribution in [0.25, 0.3) is 6.08 Å². The average molecular weight is 242 g/mol. The Morgan fingerprint density at radius 2 is 1.94 bits per heavy atom. The van der Waals surface area contributed by atoms with Gasteiger partial charge in [0.1, 0.15) is 0 Å². The highest BCUT2D eigenvalue weighted by molar-refractivity contribution is 5.45. The van der Waals surface area contributed by atoms with Gasteiger partial charge >= 0.3 is 5.69 Å². The van der Waals surface area contributed by atoms with Gasteiger partial charge in [0.05, 0.1) is 12.1 Å². The van der Waals surface area contributed by atoms with Crippen molar-refractivity contribution in [2.75, 3.05) is 0 Å². The van der Waals surface area contributed by atoms with Crippen molar-refractivity contribution >= 4 is 6.08 Å². The van der Waals surface area contributed by atoms with Crippen molar-refractivity contribution in [2.45, 2.75) is 13.5 Å². The molecule has 0 aliphatic carbocycles. The van der Waals surface area contributed by atoms with Crippen molar-refractivity contribution in [2.24, 2.45) is 0 Å². The zero-order chi connectivity index (χ0) is 13.0. The SMILES string of the molecule is C/C=C/c1cn(Cc2ccccc2)c(=O)[nH]c1=O. The molecule has 0 atom stereocenters. The van der Waals surface area contributed by atoms with Crippen LogP contribution in [0.4, 0.5) is 0 Å². The zero-order valence-corrected chi connectivity index (χ0v) is 10.1. The first-order chi connectivity index (χ1) is 8.70. The third kappa shape index (κ3) is 2.66. The molecule has 0 aliphatic rings. The number of hydrogen-bond donors (Lipinski definition) is 1. The summed E-state index contributed by atoms with van der Waals surface area (Å²) in [5.74, 6) is 0. The number of nitrogens with one attached hydrogen (secondary N) is 1. The van der Waals surface area contributed by atoms with E-state index in [1.807, 2.05) is 37.3 Å². The van der Waals surface area contributed by atoms with E-state index in [1.54, 1.807) is 18.3 Å². The number of hydrogen-bond acceptors (Lipinski definition) is 2. The summed E-state index contributed by atoms with van der Waals surface area (Å²) in [6.07, 6.45) is 5.02. The van der Waals surface area contributed by atoms with Crippen LogP contribution in [0.5, 0.6) is 0 Å². The highest BCUT2D eigenvalue weighted by Crippen LogP contribution is 2.01. The summed E-state index contributed by atoms with van der Waals surface area (Å²) in [6.45, 7) is 2.27. The van der Waals surface area contributed by atoms with Gasteiger partial charge in [-0.3, -0.25) is 14.3 Å². The maximum Gasteiger partial charge on any atom is 0.328 e. The van der Waals surface area contributed by atoms with Gasteiger partial charge in [-0.2, -0.15) is 0 Å². The molecule has 0 bridgehead atoms. The van der Waals surface area contributed by atoms with Crippen LogP contribution in [0.1, 0.15) is 18.1 Å². The topological polar surface area (TPSA) is 54.9 Å². The minimum Gasteiger partial charge on any atom is -0.296 e. The molecule has 92 valence electrons. The average Bonchev–Trinajstić information content (AvgIpc) is 2.37. The maximum absolute atomic E-state index is 11.7. The fourth-order valence-corrected chi connectivity index (χ4v) is 1.72. The third-order valence-corrected chi connectivity index (χ3v) is 2.58. The van der Waals surface area contributed by atoms with Crippen molar-refractivity contribution in [3.63, 3.8) is 0 Å². The molecule has 1 aromatic heterocycles. The molecule has 0 saturated carbocycles. The van der Waals surface area contributed by atoms with E-state index in [9.17, 15) is 9.59 Å². The molecule has 1 aromatic carbocycles. The van der Waals surface area contributed by atoms with E-state index in [0.29, 0.717) is 12.1 Å². The number of benzene rings is 1. The first kappa shape index (κ1) is 12.1. The first-order valence-electron chi connectivity index (χ1n) is 5.71. The second kappa shape index (κ2) is 5.31. The van der Waals surface area contributed by atoms with E-state index in [-0.39, 0.29) is 5.56 Å². The molecule has 0 radical (unpaired) electrons. The van der Waals surface area contributed by atoms with Gasteiger partial charge in [0.25, 0.3) is 5.56 Å². The van der Waals surface area contributed by atoms with E-state index in [2.05, 4.69) is 4.98 Å². The molecule has 0 spiro atoms. The van der Waals surface area contributed by atoms with Crippen LogP contribution in [0.3, 0.4) is 0 Å². The van der Waals surface area contributed by atoms with Crippen molar-refractivity contribution in [3.05, 3.63) is 74.6 Å². The van der Waals surface area contributed by atoms with E-state index in [1.165, 1.54) is 4.57 Å². The second-order valence-corrected chi connectivity index (χ2v) is 3.96. The van der Waals surface area contributed by atoms with E-state index in [0.717, 1.165) is 5.56 Å². The minimum absolute atomic E-state index is 0.359. The van der Waals surface area contributed by atoms with Crippen molar-refractivity contribution in [1.29, 1.82) is 0 Å². The highest BCUT2D eigenvalue weighted by Gasteiger charge is 2.02. The Balaban J connectivity index is 2.42. The number of allylic oxidation sites excluding steroid dienone is 1. The van der Waals surface area contributed by atoms with Gasteiger partial charge in [-0.25, -0.2) is 4.79 Å². The fourth-order valence-electron chi connectivity index (χ4n) is 1.72. The van der Waals surface area contributed by atoms with Gasteiger partial charge in [0, 0.05) is 6.20 Å². The summed E-state index contributed by atoms with van der Waals surface area (Å²) in [6, 6.07) is 9.63. The Kier molecular flexibility index (Phi) is 3.57. The summed E-state index contributed by atoms with van der Waals surface area (Å²) >= 11 is 0. The third-order valence-electron chi connectivity index (χ3n) is 2.58. The van der Waals surface area contributed by atoms with Crippen LogP contribution < -0.4 is 11.2 Å². The normalized spacial score (nSPS) is 10.9. The molecule has 4 nitrogen and oxygen atoms in total. The minimum atomic E-state index is -0.392. The Hall–Kier alpha value is -2.36. The van der Waals surface area contributed by atoms with Crippen LogP contribution in [0, 0.1) is 0 Å². The standard InChI is InChI=1S/C14H14N2O2/c1-2-6-12-10-16(14(18)15-13(12)17)9-11-7-4-3-5-8-11/h2-8,10H,9H2,1H3,(H,15,17,18)/b6-2+.